The zero-order valence-electron chi connectivity index (χ0n) is 8.56. The van der Waals surface area contributed by atoms with E-state index < -0.39 is 0 Å². The molecule has 0 atom stereocenters. The van der Waals surface area contributed by atoms with Crippen molar-refractivity contribution in [3.63, 3.8) is 0 Å². The largest absolute Gasteiger partial charge is 0.329 e. The average molecular weight is 238 g/mol. The quantitative estimate of drug-likeness (QED) is 0.752. The van der Waals surface area contributed by atoms with E-state index in [1.54, 1.807) is 29.3 Å². The first-order valence-electron chi connectivity index (χ1n) is 4.64. The number of nitrogens with zero attached hydrogens (tertiary/aromatic N) is 3. The number of hydrogen-bond acceptors (Lipinski definition) is 3. The molecule has 0 bridgehead atoms. The summed E-state index contributed by atoms with van der Waals surface area (Å²) < 4.78 is 12.8. The third kappa shape index (κ3) is 2.28. The number of halogens is 2. The van der Waals surface area contributed by atoms with E-state index in [2.05, 4.69) is 9.97 Å². The lowest BCUT2D eigenvalue weighted by Crippen LogP contribution is -2.11. The van der Waals surface area contributed by atoms with Crippen LogP contribution in [0.1, 0.15) is 0 Å². The van der Waals surface area contributed by atoms with E-state index in [0.717, 1.165) is 5.69 Å². The zero-order chi connectivity index (χ0) is 11.5. The van der Waals surface area contributed by atoms with Crippen LogP contribution in [-0.2, 0) is 0 Å². The van der Waals surface area contributed by atoms with Gasteiger partial charge in [0.25, 0.3) is 0 Å². The molecule has 16 heavy (non-hydrogen) atoms. The highest BCUT2D eigenvalue weighted by Crippen LogP contribution is 2.21. The Kier molecular flexibility index (Phi) is 3.01. The maximum absolute atomic E-state index is 12.8. The van der Waals surface area contributed by atoms with E-state index in [0.29, 0.717) is 5.82 Å². The van der Waals surface area contributed by atoms with Crippen LogP contribution in [0.15, 0.2) is 36.5 Å². The zero-order valence-corrected chi connectivity index (χ0v) is 9.32. The van der Waals surface area contributed by atoms with Crippen LogP contribution in [0.25, 0.3) is 0 Å². The van der Waals surface area contributed by atoms with Gasteiger partial charge in [0, 0.05) is 18.9 Å². The van der Waals surface area contributed by atoms with Gasteiger partial charge in [-0.1, -0.05) is 0 Å². The molecule has 0 unspecified atom stereocenters. The second-order valence-corrected chi connectivity index (χ2v) is 3.56. The number of aromatic nitrogens is 2. The van der Waals surface area contributed by atoms with Crippen LogP contribution in [0.2, 0.25) is 5.28 Å². The van der Waals surface area contributed by atoms with E-state index >= 15 is 0 Å². The van der Waals surface area contributed by atoms with Crippen LogP contribution in [0.4, 0.5) is 15.9 Å². The highest BCUT2D eigenvalue weighted by atomic mass is 35.5. The van der Waals surface area contributed by atoms with Crippen molar-refractivity contribution in [3.05, 3.63) is 47.6 Å². The summed E-state index contributed by atoms with van der Waals surface area (Å²) >= 11 is 5.69. The maximum atomic E-state index is 12.8. The van der Waals surface area contributed by atoms with Gasteiger partial charge in [-0.25, -0.2) is 14.4 Å². The Morgan fingerprint density at radius 3 is 2.50 bits per heavy atom. The molecule has 0 aliphatic carbocycles. The van der Waals surface area contributed by atoms with Gasteiger partial charge >= 0.3 is 0 Å². The minimum absolute atomic E-state index is 0.187. The number of benzene rings is 1. The van der Waals surface area contributed by atoms with E-state index in [1.165, 1.54) is 12.1 Å². The Bertz CT molecular complexity index is 487. The van der Waals surface area contributed by atoms with Crippen LogP contribution in [0.3, 0.4) is 0 Å². The van der Waals surface area contributed by atoms with Crippen molar-refractivity contribution in [1.29, 1.82) is 0 Å². The van der Waals surface area contributed by atoms with Gasteiger partial charge < -0.3 is 4.90 Å². The molecule has 0 aliphatic rings. The molecule has 0 saturated carbocycles. The summed E-state index contributed by atoms with van der Waals surface area (Å²) in [5.74, 6) is 0.393. The molecule has 0 amide bonds. The Morgan fingerprint density at radius 2 is 1.88 bits per heavy atom. The summed E-state index contributed by atoms with van der Waals surface area (Å²) in [7, 11) is 1.83. The Morgan fingerprint density at radius 1 is 1.19 bits per heavy atom. The lowest BCUT2D eigenvalue weighted by molar-refractivity contribution is 0.628. The van der Waals surface area contributed by atoms with Gasteiger partial charge in [0.05, 0.1) is 0 Å². The van der Waals surface area contributed by atoms with Crippen molar-refractivity contribution in [3.8, 4) is 0 Å². The smallest absolute Gasteiger partial charge is 0.224 e. The molecule has 1 aromatic carbocycles. The molecule has 5 heteroatoms. The third-order valence-corrected chi connectivity index (χ3v) is 2.35. The number of hydrogen-bond donors (Lipinski definition) is 0. The van der Waals surface area contributed by atoms with Gasteiger partial charge in [-0.15, -0.1) is 0 Å². The molecule has 2 aromatic rings. The average Bonchev–Trinajstić information content (AvgIpc) is 2.29. The Hall–Kier alpha value is -1.68. The molecule has 0 fully saturated rings. The molecule has 0 N–H and O–H groups in total. The summed E-state index contributed by atoms with van der Waals surface area (Å²) in [5.41, 5.74) is 0.830. The van der Waals surface area contributed by atoms with Crippen LogP contribution in [0.5, 0.6) is 0 Å². The first-order chi connectivity index (χ1) is 7.66. The molecule has 2 rings (SSSR count). The molecule has 1 aromatic heterocycles. The summed E-state index contributed by atoms with van der Waals surface area (Å²) in [6.07, 6.45) is 1.57. The minimum atomic E-state index is -0.266. The Balaban J connectivity index is 2.31. The number of anilines is 2. The molecule has 3 nitrogen and oxygen atoms in total. The van der Waals surface area contributed by atoms with Crippen molar-refractivity contribution >= 4 is 23.1 Å². The Labute approximate surface area is 97.5 Å². The minimum Gasteiger partial charge on any atom is -0.329 e. The van der Waals surface area contributed by atoms with Gasteiger partial charge in [0.15, 0.2) is 0 Å². The molecule has 0 saturated heterocycles. The summed E-state index contributed by atoms with van der Waals surface area (Å²) in [4.78, 5) is 9.65. The fourth-order valence-electron chi connectivity index (χ4n) is 1.31. The highest BCUT2D eigenvalue weighted by molar-refractivity contribution is 6.28. The molecule has 0 spiro atoms. The van der Waals surface area contributed by atoms with Gasteiger partial charge in [-0.3, -0.25) is 0 Å². The van der Waals surface area contributed by atoms with E-state index in [-0.39, 0.29) is 11.1 Å². The van der Waals surface area contributed by atoms with Crippen LogP contribution >= 0.6 is 11.6 Å². The lowest BCUT2D eigenvalue weighted by atomic mass is 10.3. The lowest BCUT2D eigenvalue weighted by Gasteiger charge is -2.17. The fraction of sp³-hybridized carbons (Fsp3) is 0.0909. The maximum Gasteiger partial charge on any atom is 0.224 e. The second kappa shape index (κ2) is 4.45. The van der Waals surface area contributed by atoms with Gasteiger partial charge in [0.2, 0.25) is 5.28 Å². The van der Waals surface area contributed by atoms with Crippen molar-refractivity contribution < 1.29 is 4.39 Å². The van der Waals surface area contributed by atoms with E-state index in [9.17, 15) is 4.39 Å². The fourth-order valence-corrected chi connectivity index (χ4v) is 1.45. The number of rotatable bonds is 2. The summed E-state index contributed by atoms with van der Waals surface area (Å²) in [6.45, 7) is 0. The molecule has 1 heterocycles. The van der Waals surface area contributed by atoms with Crippen LogP contribution in [-0.4, -0.2) is 17.0 Å². The van der Waals surface area contributed by atoms with Crippen molar-refractivity contribution in [2.24, 2.45) is 0 Å². The summed E-state index contributed by atoms with van der Waals surface area (Å²) in [5, 5.41) is 0.187. The van der Waals surface area contributed by atoms with Crippen LogP contribution < -0.4 is 4.90 Å². The standard InChI is InChI=1S/C11H9ClFN3/c1-16(9-4-2-8(13)3-5-9)10-6-7-14-11(12)15-10/h2-7H,1H3. The van der Waals surface area contributed by atoms with Crippen molar-refractivity contribution in [1.82, 2.24) is 9.97 Å². The second-order valence-electron chi connectivity index (χ2n) is 3.22. The van der Waals surface area contributed by atoms with Gasteiger partial charge in [0.1, 0.15) is 11.6 Å². The van der Waals surface area contributed by atoms with Crippen LogP contribution in [0, 0.1) is 5.82 Å². The molecular formula is C11H9ClFN3. The molecule has 0 radical (unpaired) electrons. The van der Waals surface area contributed by atoms with Crippen molar-refractivity contribution in [2.75, 3.05) is 11.9 Å². The molecule has 82 valence electrons. The molecule has 0 aliphatic heterocycles. The van der Waals surface area contributed by atoms with Gasteiger partial charge in [-0.2, -0.15) is 0 Å². The highest BCUT2D eigenvalue weighted by Gasteiger charge is 2.05. The predicted octanol–water partition coefficient (Wildman–Crippen LogP) is 3.04. The van der Waals surface area contributed by atoms with E-state index in [4.69, 9.17) is 11.6 Å². The first kappa shape index (κ1) is 10.8. The predicted molar refractivity (Wildman–Crippen MR) is 61.5 cm³/mol. The van der Waals surface area contributed by atoms with E-state index in [1.807, 2.05) is 7.05 Å². The third-order valence-electron chi connectivity index (χ3n) is 2.17. The van der Waals surface area contributed by atoms with Crippen molar-refractivity contribution in [2.45, 2.75) is 0 Å². The summed E-state index contributed by atoms with van der Waals surface area (Å²) in [6, 6.07) is 7.87. The molecular weight excluding hydrogens is 229 g/mol. The van der Waals surface area contributed by atoms with Gasteiger partial charge in [-0.05, 0) is 41.9 Å². The first-order valence-corrected chi connectivity index (χ1v) is 5.02. The monoisotopic (exact) mass is 237 g/mol. The topological polar surface area (TPSA) is 29.0 Å². The SMILES string of the molecule is CN(c1ccc(F)cc1)c1ccnc(Cl)n1. The normalized spacial score (nSPS) is 10.2.